The van der Waals surface area contributed by atoms with Gasteiger partial charge in [0.1, 0.15) is 5.69 Å². The number of nitrogens with one attached hydrogen (secondary N) is 1. The summed E-state index contributed by atoms with van der Waals surface area (Å²) in [5.74, 6) is 0.334. The van der Waals surface area contributed by atoms with E-state index in [1.165, 1.54) is 6.07 Å². The van der Waals surface area contributed by atoms with E-state index < -0.39 is 6.43 Å². The van der Waals surface area contributed by atoms with E-state index >= 15 is 0 Å². The number of halogens is 4. The summed E-state index contributed by atoms with van der Waals surface area (Å²) in [5.41, 5.74) is 2.03. The van der Waals surface area contributed by atoms with Crippen LogP contribution < -0.4 is 0 Å². The second-order valence-corrected chi connectivity index (χ2v) is 8.86. The highest BCUT2D eigenvalue weighted by Gasteiger charge is 2.31. The molecule has 4 nitrogen and oxygen atoms in total. The van der Waals surface area contributed by atoms with Crippen LogP contribution in [0.25, 0.3) is 0 Å². The van der Waals surface area contributed by atoms with E-state index in [9.17, 15) is 13.6 Å². The van der Waals surface area contributed by atoms with Crippen molar-refractivity contribution < 1.29 is 13.6 Å². The lowest BCUT2D eigenvalue weighted by atomic mass is 9.79. The van der Waals surface area contributed by atoms with Gasteiger partial charge in [-0.2, -0.15) is 0 Å². The van der Waals surface area contributed by atoms with Crippen LogP contribution in [0.5, 0.6) is 0 Å². The van der Waals surface area contributed by atoms with Crippen molar-refractivity contribution in [1.82, 2.24) is 14.9 Å². The molecule has 8 heteroatoms. The van der Waals surface area contributed by atoms with Crippen LogP contribution in [-0.4, -0.2) is 33.9 Å². The van der Waals surface area contributed by atoms with Gasteiger partial charge in [0.2, 0.25) is 0 Å². The van der Waals surface area contributed by atoms with Crippen molar-refractivity contribution >= 4 is 29.1 Å². The van der Waals surface area contributed by atoms with Crippen molar-refractivity contribution in [3.8, 4) is 0 Å². The van der Waals surface area contributed by atoms with Crippen LogP contribution in [0.3, 0.4) is 0 Å². The molecule has 1 saturated heterocycles. The lowest BCUT2D eigenvalue weighted by molar-refractivity contribution is 0.0676. The number of likely N-dealkylation sites (tertiary alicyclic amines) is 1. The molecule has 32 heavy (non-hydrogen) atoms. The number of amides is 1. The Morgan fingerprint density at radius 1 is 1.09 bits per heavy atom. The number of carbonyl (C=O) groups is 1. The fourth-order valence-electron chi connectivity index (χ4n) is 4.38. The van der Waals surface area contributed by atoms with Crippen molar-refractivity contribution in [2.75, 3.05) is 13.1 Å². The van der Waals surface area contributed by atoms with Crippen LogP contribution in [0.2, 0.25) is 10.0 Å². The molecule has 168 valence electrons. The second-order valence-electron chi connectivity index (χ2n) is 8.05. The Morgan fingerprint density at radius 2 is 1.88 bits per heavy atom. The van der Waals surface area contributed by atoms with Gasteiger partial charge in [-0.05, 0) is 67.6 Å². The number of piperidine rings is 1. The largest absolute Gasteiger partial charge is 0.365 e. The molecule has 3 heterocycles. The van der Waals surface area contributed by atoms with Gasteiger partial charge < -0.3 is 9.88 Å². The number of carbonyl (C=O) groups excluding carboxylic acids is 1. The Morgan fingerprint density at radius 3 is 2.53 bits per heavy atom. The molecule has 0 aliphatic carbocycles. The summed E-state index contributed by atoms with van der Waals surface area (Å²) in [6, 6.07) is 13.7. The Kier molecular flexibility index (Phi) is 7.11. The molecule has 3 aromatic rings. The predicted molar refractivity (Wildman–Crippen MR) is 122 cm³/mol. The first-order chi connectivity index (χ1) is 15.4. The first-order valence-corrected chi connectivity index (χ1v) is 11.3. The van der Waals surface area contributed by atoms with Crippen molar-refractivity contribution in [1.29, 1.82) is 0 Å². The van der Waals surface area contributed by atoms with Crippen molar-refractivity contribution in [3.63, 3.8) is 0 Å². The molecule has 1 N–H and O–H groups in total. The zero-order valence-electron chi connectivity index (χ0n) is 17.3. The van der Waals surface area contributed by atoms with E-state index in [1.54, 1.807) is 30.3 Å². The van der Waals surface area contributed by atoms with Crippen LogP contribution in [0.4, 0.5) is 8.78 Å². The third-order valence-corrected chi connectivity index (χ3v) is 6.80. The van der Waals surface area contributed by atoms with E-state index in [0.717, 1.165) is 18.5 Å². The van der Waals surface area contributed by atoms with Gasteiger partial charge >= 0.3 is 0 Å². The summed E-state index contributed by atoms with van der Waals surface area (Å²) in [5, 5.41) is 0.776. The van der Waals surface area contributed by atoms with Gasteiger partial charge in [0.05, 0.1) is 10.0 Å². The summed E-state index contributed by atoms with van der Waals surface area (Å²) in [6.07, 6.45) is 1.46. The van der Waals surface area contributed by atoms with Gasteiger partial charge in [-0.3, -0.25) is 9.78 Å². The number of hydrogen-bond acceptors (Lipinski definition) is 2. The Labute approximate surface area is 195 Å². The number of nitrogens with zero attached hydrogens (tertiary/aromatic N) is 2. The van der Waals surface area contributed by atoms with Crippen LogP contribution >= 0.6 is 23.2 Å². The molecule has 0 spiro atoms. The lowest BCUT2D eigenvalue weighted by Crippen LogP contribution is -2.40. The number of aromatic amines is 1. The van der Waals surface area contributed by atoms with Crippen molar-refractivity contribution in [3.05, 3.63) is 87.4 Å². The van der Waals surface area contributed by atoms with Crippen LogP contribution in [0.1, 0.15) is 52.6 Å². The van der Waals surface area contributed by atoms with Crippen molar-refractivity contribution in [2.24, 2.45) is 5.92 Å². The van der Waals surface area contributed by atoms with E-state index in [2.05, 4.69) is 9.97 Å². The average molecular weight is 478 g/mol. The molecule has 0 radical (unpaired) electrons. The van der Waals surface area contributed by atoms with Crippen LogP contribution in [0.15, 0.2) is 54.7 Å². The highest BCUT2D eigenvalue weighted by molar-refractivity contribution is 6.42. The highest BCUT2D eigenvalue weighted by atomic mass is 35.5. The van der Waals surface area contributed by atoms with Gasteiger partial charge in [0.25, 0.3) is 12.3 Å². The van der Waals surface area contributed by atoms with E-state index in [-0.39, 0.29) is 17.5 Å². The minimum Gasteiger partial charge on any atom is -0.365 e. The maximum absolute atomic E-state index is 13.1. The molecule has 1 fully saturated rings. The van der Waals surface area contributed by atoms with Gasteiger partial charge in [-0.15, -0.1) is 0 Å². The second kappa shape index (κ2) is 10.0. The Balaban J connectivity index is 1.47. The quantitative estimate of drug-likeness (QED) is 0.438. The normalized spacial score (nSPS) is 15.8. The molecule has 1 unspecified atom stereocenters. The van der Waals surface area contributed by atoms with E-state index in [4.69, 9.17) is 23.2 Å². The molecular weight excluding hydrogens is 455 g/mol. The fourth-order valence-corrected chi connectivity index (χ4v) is 4.68. The Hall–Kier alpha value is -2.44. The van der Waals surface area contributed by atoms with Crippen LogP contribution in [0, 0.1) is 5.92 Å². The monoisotopic (exact) mass is 477 g/mol. The summed E-state index contributed by atoms with van der Waals surface area (Å²) in [7, 11) is 0. The maximum Gasteiger partial charge on any atom is 0.280 e. The first-order valence-electron chi connectivity index (χ1n) is 10.5. The van der Waals surface area contributed by atoms with Gasteiger partial charge in [-0.1, -0.05) is 29.3 Å². The minimum atomic E-state index is -2.59. The molecule has 2 aromatic heterocycles. The topological polar surface area (TPSA) is 49.0 Å². The highest BCUT2D eigenvalue weighted by Crippen LogP contribution is 2.35. The maximum atomic E-state index is 13.1. The van der Waals surface area contributed by atoms with E-state index in [0.29, 0.717) is 46.7 Å². The molecule has 1 aromatic carbocycles. The third-order valence-electron chi connectivity index (χ3n) is 6.06. The molecular formula is C24H23Cl2F2N3O. The van der Waals surface area contributed by atoms with Gasteiger partial charge in [0, 0.05) is 42.2 Å². The molecule has 4 rings (SSSR count). The molecule has 1 aliphatic heterocycles. The standard InChI is InChI=1S/C24H23Cl2F2N3O/c25-19-7-6-16(13-20(19)26)24(32)31-11-8-15(9-12-31)18(21-5-2-10-29-21)14-17-3-1-4-22(30-17)23(27)28/h1-7,10,13,15,18,23,29H,8-9,11-12,14H2. The molecule has 0 bridgehead atoms. The number of hydrogen-bond donors (Lipinski definition) is 1. The first kappa shape index (κ1) is 22.7. The van der Waals surface area contributed by atoms with E-state index in [1.807, 2.05) is 23.2 Å². The average Bonchev–Trinajstić information content (AvgIpc) is 3.34. The fraction of sp³-hybridized carbons (Fsp3) is 0.333. The summed E-state index contributed by atoms with van der Waals surface area (Å²) < 4.78 is 26.2. The number of alkyl halides is 2. The smallest absolute Gasteiger partial charge is 0.280 e. The zero-order valence-corrected chi connectivity index (χ0v) is 18.8. The zero-order chi connectivity index (χ0) is 22.7. The molecule has 0 saturated carbocycles. The van der Waals surface area contributed by atoms with Gasteiger partial charge in [-0.25, -0.2) is 8.78 Å². The lowest BCUT2D eigenvalue weighted by Gasteiger charge is -2.36. The predicted octanol–water partition coefficient (Wildman–Crippen LogP) is 6.53. The SMILES string of the molecule is O=C(c1ccc(Cl)c(Cl)c1)N1CCC(C(Cc2cccc(C(F)F)n2)c2ccc[nH]2)CC1. The Bertz CT molecular complexity index is 1070. The molecule has 1 amide bonds. The summed E-state index contributed by atoms with van der Waals surface area (Å²) >= 11 is 12.0. The molecule has 1 aliphatic rings. The molecule has 1 atom stereocenters. The number of aromatic nitrogens is 2. The summed E-state index contributed by atoms with van der Waals surface area (Å²) in [4.78, 5) is 22.2. The number of pyridine rings is 1. The summed E-state index contributed by atoms with van der Waals surface area (Å²) in [6.45, 7) is 1.23. The number of H-pyrrole nitrogens is 1. The number of benzene rings is 1. The minimum absolute atomic E-state index is 0.0651. The third kappa shape index (κ3) is 5.13. The van der Waals surface area contributed by atoms with Gasteiger partial charge in [0.15, 0.2) is 0 Å². The number of rotatable bonds is 6. The van der Waals surface area contributed by atoms with Crippen molar-refractivity contribution in [2.45, 2.75) is 31.6 Å². The van der Waals surface area contributed by atoms with Crippen LogP contribution in [-0.2, 0) is 6.42 Å².